The van der Waals surface area contributed by atoms with Gasteiger partial charge in [0.2, 0.25) is 0 Å². The Balaban J connectivity index is 1.88. The Bertz CT molecular complexity index is 647. The number of hydrogen-bond donors (Lipinski definition) is 2. The van der Waals surface area contributed by atoms with Crippen molar-refractivity contribution in [3.8, 4) is 5.75 Å². The second-order valence-electron chi connectivity index (χ2n) is 4.13. The van der Waals surface area contributed by atoms with Crippen molar-refractivity contribution >= 4 is 17.3 Å². The van der Waals surface area contributed by atoms with Gasteiger partial charge in [0.15, 0.2) is 0 Å². The van der Waals surface area contributed by atoms with Crippen LogP contribution in [-0.2, 0) is 6.42 Å². The molecule has 0 fully saturated rings. The molecule has 0 atom stereocenters. The molecule has 112 valence electrons. The van der Waals surface area contributed by atoms with Crippen LogP contribution in [0.3, 0.4) is 0 Å². The third-order valence-corrected chi connectivity index (χ3v) is 3.05. The van der Waals surface area contributed by atoms with Crippen LogP contribution in [0.25, 0.3) is 0 Å². The number of alkyl halides is 2. The number of hydrogen-bond acceptors (Lipinski definition) is 4. The number of benzene rings is 1. The third kappa shape index (κ3) is 4.42. The van der Waals surface area contributed by atoms with Gasteiger partial charge in [0.25, 0.3) is 5.56 Å². The molecule has 0 aliphatic carbocycles. The number of nitrogens with zero attached hydrogens (tertiary/aromatic N) is 1. The highest BCUT2D eigenvalue weighted by atomic mass is 35.5. The summed E-state index contributed by atoms with van der Waals surface area (Å²) in [6, 6.07) is 6.33. The average Bonchev–Trinajstić information content (AvgIpc) is 2.45. The lowest BCUT2D eigenvalue weighted by Crippen LogP contribution is -2.13. The Morgan fingerprint density at radius 1 is 1.33 bits per heavy atom. The fourth-order valence-corrected chi connectivity index (χ4v) is 1.84. The monoisotopic (exact) mass is 315 g/mol. The molecule has 0 aliphatic rings. The van der Waals surface area contributed by atoms with Crippen LogP contribution in [0, 0.1) is 0 Å². The maximum absolute atomic E-state index is 12.0. The second kappa shape index (κ2) is 7.03. The molecule has 2 rings (SSSR count). The van der Waals surface area contributed by atoms with Crippen LogP contribution in [0.5, 0.6) is 5.75 Å². The number of rotatable bonds is 6. The summed E-state index contributed by atoms with van der Waals surface area (Å²) in [6.07, 6.45) is 2.04. The van der Waals surface area contributed by atoms with Gasteiger partial charge in [0.1, 0.15) is 10.8 Å². The summed E-state index contributed by atoms with van der Waals surface area (Å²) in [5.41, 5.74) is 0.909. The van der Waals surface area contributed by atoms with Crippen molar-refractivity contribution in [1.82, 2.24) is 10.2 Å². The van der Waals surface area contributed by atoms with Crippen molar-refractivity contribution in [2.75, 3.05) is 11.9 Å². The molecule has 0 spiro atoms. The molecule has 2 aromatic rings. The van der Waals surface area contributed by atoms with Crippen LogP contribution >= 0.6 is 11.6 Å². The van der Waals surface area contributed by atoms with Gasteiger partial charge in [-0.3, -0.25) is 4.79 Å². The van der Waals surface area contributed by atoms with Crippen molar-refractivity contribution in [2.45, 2.75) is 13.0 Å². The van der Waals surface area contributed by atoms with E-state index in [1.54, 1.807) is 12.1 Å². The molecule has 21 heavy (non-hydrogen) atoms. The number of halogens is 3. The van der Waals surface area contributed by atoms with Gasteiger partial charge >= 0.3 is 6.61 Å². The molecule has 0 unspecified atom stereocenters. The van der Waals surface area contributed by atoms with Gasteiger partial charge in [0, 0.05) is 6.54 Å². The molecule has 0 aliphatic heterocycles. The molecule has 2 N–H and O–H groups in total. The summed E-state index contributed by atoms with van der Waals surface area (Å²) >= 11 is 5.81. The number of ether oxygens (including phenoxy) is 1. The van der Waals surface area contributed by atoms with E-state index < -0.39 is 12.2 Å². The van der Waals surface area contributed by atoms with E-state index in [4.69, 9.17) is 11.6 Å². The molecule has 5 nitrogen and oxygen atoms in total. The molecule has 0 radical (unpaired) electrons. The highest BCUT2D eigenvalue weighted by Gasteiger charge is 2.05. The zero-order valence-electron chi connectivity index (χ0n) is 10.8. The summed E-state index contributed by atoms with van der Waals surface area (Å²) in [5.74, 6) is 0.114. The highest BCUT2D eigenvalue weighted by Crippen LogP contribution is 2.16. The molecule has 1 aromatic carbocycles. The first-order valence-corrected chi connectivity index (χ1v) is 6.45. The van der Waals surface area contributed by atoms with E-state index in [-0.39, 0.29) is 10.8 Å². The van der Waals surface area contributed by atoms with Gasteiger partial charge in [-0.15, -0.1) is 0 Å². The largest absolute Gasteiger partial charge is 0.435 e. The summed E-state index contributed by atoms with van der Waals surface area (Å²) in [5, 5.41) is 8.89. The van der Waals surface area contributed by atoms with Crippen molar-refractivity contribution in [2.24, 2.45) is 0 Å². The SMILES string of the molecule is O=c1[nH]ncc(NCCc2ccc(OC(F)F)cc2)c1Cl. The van der Waals surface area contributed by atoms with E-state index in [2.05, 4.69) is 20.3 Å². The lowest BCUT2D eigenvalue weighted by atomic mass is 10.1. The predicted molar refractivity (Wildman–Crippen MR) is 75.1 cm³/mol. The Labute approximate surface area is 123 Å². The zero-order chi connectivity index (χ0) is 15.2. The normalized spacial score (nSPS) is 10.7. The molecular weight excluding hydrogens is 304 g/mol. The van der Waals surface area contributed by atoms with Gasteiger partial charge < -0.3 is 10.1 Å². The Kier molecular flexibility index (Phi) is 5.10. The minimum Gasteiger partial charge on any atom is -0.435 e. The minimum atomic E-state index is -2.83. The molecule has 0 saturated heterocycles. The second-order valence-corrected chi connectivity index (χ2v) is 4.50. The smallest absolute Gasteiger partial charge is 0.387 e. The molecule has 1 aromatic heterocycles. The average molecular weight is 316 g/mol. The molecule has 1 heterocycles. The summed E-state index contributed by atoms with van der Waals surface area (Å²) in [7, 11) is 0. The Morgan fingerprint density at radius 2 is 2.05 bits per heavy atom. The van der Waals surface area contributed by atoms with E-state index in [9.17, 15) is 13.6 Å². The van der Waals surface area contributed by atoms with Crippen LogP contribution in [-0.4, -0.2) is 23.4 Å². The number of aromatic nitrogens is 2. The van der Waals surface area contributed by atoms with Crippen LogP contribution < -0.4 is 15.6 Å². The number of anilines is 1. The first-order chi connectivity index (χ1) is 10.1. The van der Waals surface area contributed by atoms with Crippen LogP contribution in [0.15, 0.2) is 35.3 Å². The summed E-state index contributed by atoms with van der Waals surface area (Å²) in [4.78, 5) is 11.2. The highest BCUT2D eigenvalue weighted by molar-refractivity contribution is 6.32. The molecular formula is C13H12ClF2N3O2. The van der Waals surface area contributed by atoms with Gasteiger partial charge in [0.05, 0.1) is 11.9 Å². The van der Waals surface area contributed by atoms with E-state index in [0.717, 1.165) is 5.56 Å². The molecule has 0 bridgehead atoms. The fraction of sp³-hybridized carbons (Fsp3) is 0.231. The summed E-state index contributed by atoms with van der Waals surface area (Å²) in [6.45, 7) is -2.32. The lowest BCUT2D eigenvalue weighted by molar-refractivity contribution is -0.0498. The van der Waals surface area contributed by atoms with Gasteiger partial charge in [-0.25, -0.2) is 5.10 Å². The predicted octanol–water partition coefficient (Wildman–Crippen LogP) is 2.68. The van der Waals surface area contributed by atoms with E-state index in [1.165, 1.54) is 18.3 Å². The van der Waals surface area contributed by atoms with Crippen LogP contribution in [0.4, 0.5) is 14.5 Å². The first kappa shape index (κ1) is 15.2. The Hall–Kier alpha value is -2.15. The maximum atomic E-state index is 12.0. The quantitative estimate of drug-likeness (QED) is 0.860. The van der Waals surface area contributed by atoms with Crippen LogP contribution in [0.1, 0.15) is 5.56 Å². The van der Waals surface area contributed by atoms with E-state index in [0.29, 0.717) is 18.7 Å². The Morgan fingerprint density at radius 3 is 2.71 bits per heavy atom. The topological polar surface area (TPSA) is 67.0 Å². The van der Waals surface area contributed by atoms with Crippen LogP contribution in [0.2, 0.25) is 5.02 Å². The lowest BCUT2D eigenvalue weighted by Gasteiger charge is -2.08. The van der Waals surface area contributed by atoms with Crippen molar-refractivity contribution in [3.63, 3.8) is 0 Å². The van der Waals surface area contributed by atoms with Gasteiger partial charge in [-0.1, -0.05) is 23.7 Å². The maximum Gasteiger partial charge on any atom is 0.387 e. The molecule has 0 saturated carbocycles. The van der Waals surface area contributed by atoms with Gasteiger partial charge in [-0.2, -0.15) is 13.9 Å². The summed E-state index contributed by atoms with van der Waals surface area (Å²) < 4.78 is 28.3. The van der Waals surface area contributed by atoms with Crippen molar-refractivity contribution in [1.29, 1.82) is 0 Å². The van der Waals surface area contributed by atoms with E-state index in [1.807, 2.05) is 0 Å². The van der Waals surface area contributed by atoms with Crippen molar-refractivity contribution in [3.05, 3.63) is 51.4 Å². The first-order valence-electron chi connectivity index (χ1n) is 6.07. The van der Waals surface area contributed by atoms with E-state index >= 15 is 0 Å². The van der Waals surface area contributed by atoms with Gasteiger partial charge in [-0.05, 0) is 24.1 Å². The zero-order valence-corrected chi connectivity index (χ0v) is 11.5. The number of H-pyrrole nitrogens is 1. The van der Waals surface area contributed by atoms with Crippen molar-refractivity contribution < 1.29 is 13.5 Å². The number of nitrogens with one attached hydrogen (secondary N) is 2. The molecule has 8 heteroatoms. The molecule has 0 amide bonds. The standard InChI is InChI=1S/C13H12ClF2N3O2/c14-11-10(7-18-19-12(11)20)17-6-5-8-1-3-9(4-2-8)21-13(15)16/h1-4,7,13H,5-6H2,(H2,17,19,20). The third-order valence-electron chi connectivity index (χ3n) is 2.67. The minimum absolute atomic E-state index is 0.0469. The fourth-order valence-electron chi connectivity index (χ4n) is 1.69. The number of aromatic amines is 1.